The molecule has 1 atom stereocenters. The molecule has 0 fully saturated rings. The summed E-state index contributed by atoms with van der Waals surface area (Å²) in [5.74, 6) is 0.756. The molecular formula is C17H24BrN5O3. The number of imidazole rings is 1. The fraction of sp³-hybridized carbons (Fsp3) is 0.529. The van der Waals surface area contributed by atoms with E-state index in [9.17, 15) is 9.59 Å². The summed E-state index contributed by atoms with van der Waals surface area (Å²) in [6.45, 7) is 0.322. The zero-order valence-electron chi connectivity index (χ0n) is 15.0. The average molecular weight is 426 g/mol. The zero-order valence-corrected chi connectivity index (χ0v) is 16.6. The van der Waals surface area contributed by atoms with Gasteiger partial charge in [0.25, 0.3) is 5.89 Å². The molecule has 26 heavy (non-hydrogen) atoms. The van der Waals surface area contributed by atoms with Crippen LogP contribution in [-0.4, -0.2) is 52.2 Å². The molecule has 0 saturated carbocycles. The standard InChI is InChI=1S/C17H24BrN5O3/c1-23(2)11-15(25)21-12(16-20-10-14(18)22-16)6-4-3-5-7-13(24)17-19-8-9-26-17/h8-10,12H,3-7,11H2,1-2H3,(H,20,22)(H,21,25)/t12-/m0/s1. The molecule has 2 heterocycles. The fourth-order valence-corrected chi connectivity index (χ4v) is 2.88. The van der Waals surface area contributed by atoms with Crippen LogP contribution in [0.3, 0.4) is 0 Å². The van der Waals surface area contributed by atoms with Crippen molar-refractivity contribution in [2.75, 3.05) is 20.6 Å². The van der Waals surface area contributed by atoms with Crippen molar-refractivity contribution in [3.05, 3.63) is 35.0 Å². The number of ketones is 1. The third kappa shape index (κ3) is 6.72. The van der Waals surface area contributed by atoms with E-state index in [0.717, 1.165) is 31.5 Å². The van der Waals surface area contributed by atoms with Crippen molar-refractivity contribution in [1.29, 1.82) is 0 Å². The molecule has 0 aromatic carbocycles. The van der Waals surface area contributed by atoms with Crippen LogP contribution < -0.4 is 5.32 Å². The van der Waals surface area contributed by atoms with Crippen LogP contribution in [0.4, 0.5) is 0 Å². The number of nitrogens with zero attached hydrogens (tertiary/aromatic N) is 3. The highest BCUT2D eigenvalue weighted by atomic mass is 79.9. The average Bonchev–Trinajstić information content (AvgIpc) is 3.24. The maximum absolute atomic E-state index is 12.1. The van der Waals surface area contributed by atoms with Crippen LogP contribution in [0, 0.1) is 0 Å². The lowest BCUT2D eigenvalue weighted by Gasteiger charge is -2.18. The zero-order chi connectivity index (χ0) is 18.9. The number of carbonyl (C=O) groups excluding carboxylic acids is 2. The third-order valence-corrected chi connectivity index (χ3v) is 4.17. The number of oxazole rings is 1. The predicted molar refractivity (Wildman–Crippen MR) is 99.6 cm³/mol. The molecule has 2 N–H and O–H groups in total. The highest BCUT2D eigenvalue weighted by molar-refractivity contribution is 9.10. The number of rotatable bonds is 11. The maximum atomic E-state index is 12.1. The summed E-state index contributed by atoms with van der Waals surface area (Å²) in [5, 5.41) is 3.01. The smallest absolute Gasteiger partial charge is 0.263 e. The molecule has 0 aliphatic heterocycles. The first-order valence-corrected chi connectivity index (χ1v) is 9.32. The van der Waals surface area contributed by atoms with E-state index in [0.29, 0.717) is 17.6 Å². The van der Waals surface area contributed by atoms with E-state index in [-0.39, 0.29) is 23.6 Å². The Hall–Kier alpha value is -2.00. The molecule has 0 radical (unpaired) electrons. The van der Waals surface area contributed by atoms with Gasteiger partial charge in [-0.1, -0.05) is 12.8 Å². The summed E-state index contributed by atoms with van der Waals surface area (Å²) in [6.07, 6.45) is 8.25. The number of hydrogen-bond acceptors (Lipinski definition) is 6. The van der Waals surface area contributed by atoms with Gasteiger partial charge in [0.1, 0.15) is 16.7 Å². The van der Waals surface area contributed by atoms with Gasteiger partial charge in [0.2, 0.25) is 11.7 Å². The lowest BCUT2D eigenvalue weighted by atomic mass is 10.1. The molecule has 2 aromatic rings. The second-order valence-corrected chi connectivity index (χ2v) is 7.14. The van der Waals surface area contributed by atoms with Gasteiger partial charge in [-0.3, -0.25) is 9.59 Å². The molecule has 1 amide bonds. The number of nitrogens with one attached hydrogen (secondary N) is 2. The number of unbranched alkanes of at least 4 members (excludes halogenated alkanes) is 2. The number of aromatic nitrogens is 3. The van der Waals surface area contributed by atoms with Crippen molar-refractivity contribution < 1.29 is 14.0 Å². The van der Waals surface area contributed by atoms with Crippen LogP contribution in [0.15, 0.2) is 27.7 Å². The Kier molecular flexibility index (Phi) is 7.99. The van der Waals surface area contributed by atoms with Gasteiger partial charge in [-0.25, -0.2) is 9.97 Å². The van der Waals surface area contributed by atoms with Crippen LogP contribution in [0.1, 0.15) is 54.7 Å². The SMILES string of the molecule is CN(C)CC(=O)N[C@@H](CCCCCC(=O)c1ncco1)c1nc(Br)c[nH]1. The largest absolute Gasteiger partial charge is 0.442 e. The van der Waals surface area contributed by atoms with Crippen LogP contribution in [0.25, 0.3) is 0 Å². The first-order valence-electron chi connectivity index (χ1n) is 8.53. The van der Waals surface area contributed by atoms with Crippen LogP contribution in [0.2, 0.25) is 0 Å². The van der Waals surface area contributed by atoms with Crippen molar-refractivity contribution in [2.45, 2.75) is 38.1 Å². The van der Waals surface area contributed by atoms with Crippen molar-refractivity contribution >= 4 is 27.6 Å². The third-order valence-electron chi connectivity index (χ3n) is 3.76. The normalized spacial score (nSPS) is 12.3. The summed E-state index contributed by atoms with van der Waals surface area (Å²) in [5.41, 5.74) is 0. The van der Waals surface area contributed by atoms with E-state index in [2.05, 4.69) is 36.2 Å². The number of Topliss-reactive ketones (excluding diaryl/α,β-unsaturated/α-hetero) is 1. The van der Waals surface area contributed by atoms with Crippen LogP contribution >= 0.6 is 15.9 Å². The Morgan fingerprint density at radius 2 is 2.15 bits per heavy atom. The molecule has 0 aliphatic rings. The molecule has 0 bridgehead atoms. The van der Waals surface area contributed by atoms with E-state index >= 15 is 0 Å². The number of halogens is 1. The minimum Gasteiger partial charge on any atom is -0.442 e. The van der Waals surface area contributed by atoms with Crippen molar-refractivity contribution in [1.82, 2.24) is 25.2 Å². The number of amides is 1. The highest BCUT2D eigenvalue weighted by Gasteiger charge is 2.18. The molecular weight excluding hydrogens is 402 g/mol. The molecule has 2 rings (SSSR count). The topological polar surface area (TPSA) is 104 Å². The number of H-pyrrole nitrogens is 1. The van der Waals surface area contributed by atoms with Crippen LogP contribution in [-0.2, 0) is 4.79 Å². The van der Waals surface area contributed by atoms with Crippen molar-refractivity contribution in [3.63, 3.8) is 0 Å². The van der Waals surface area contributed by atoms with Crippen molar-refractivity contribution in [2.24, 2.45) is 0 Å². The summed E-state index contributed by atoms with van der Waals surface area (Å²) >= 11 is 3.32. The number of hydrogen-bond donors (Lipinski definition) is 2. The first-order chi connectivity index (χ1) is 12.5. The highest BCUT2D eigenvalue weighted by Crippen LogP contribution is 2.20. The second-order valence-electron chi connectivity index (χ2n) is 6.33. The van der Waals surface area contributed by atoms with Gasteiger partial charge < -0.3 is 19.6 Å². The van der Waals surface area contributed by atoms with E-state index in [1.807, 2.05) is 19.0 Å². The number of aromatic amines is 1. The molecule has 0 spiro atoms. The summed E-state index contributed by atoms with van der Waals surface area (Å²) < 4.78 is 5.70. The maximum Gasteiger partial charge on any atom is 0.263 e. The molecule has 0 saturated heterocycles. The molecule has 9 heteroatoms. The first kappa shape index (κ1) is 20.3. The molecule has 0 unspecified atom stereocenters. The van der Waals surface area contributed by atoms with E-state index < -0.39 is 0 Å². The Bertz CT molecular complexity index is 699. The summed E-state index contributed by atoms with van der Waals surface area (Å²) in [4.78, 5) is 37.0. The molecule has 8 nitrogen and oxygen atoms in total. The van der Waals surface area contributed by atoms with Gasteiger partial charge in [-0.15, -0.1) is 0 Å². The van der Waals surface area contributed by atoms with Gasteiger partial charge in [0, 0.05) is 12.6 Å². The Morgan fingerprint density at radius 1 is 1.35 bits per heavy atom. The van der Waals surface area contributed by atoms with Crippen molar-refractivity contribution in [3.8, 4) is 0 Å². The van der Waals surface area contributed by atoms with E-state index in [1.165, 1.54) is 12.5 Å². The second kappa shape index (κ2) is 10.2. The monoisotopic (exact) mass is 425 g/mol. The summed E-state index contributed by atoms with van der Waals surface area (Å²) in [7, 11) is 3.70. The Balaban J connectivity index is 1.79. The van der Waals surface area contributed by atoms with Gasteiger partial charge >= 0.3 is 0 Å². The van der Waals surface area contributed by atoms with Gasteiger partial charge in [-0.2, -0.15) is 0 Å². The number of likely N-dealkylation sites (N-methyl/N-ethyl adjacent to an activating group) is 1. The quantitative estimate of drug-likeness (QED) is 0.423. The molecule has 2 aromatic heterocycles. The molecule has 0 aliphatic carbocycles. The van der Waals surface area contributed by atoms with Gasteiger partial charge in [0.15, 0.2) is 0 Å². The van der Waals surface area contributed by atoms with Gasteiger partial charge in [0.05, 0.1) is 18.8 Å². The Morgan fingerprint density at radius 3 is 2.77 bits per heavy atom. The lowest BCUT2D eigenvalue weighted by Crippen LogP contribution is -2.36. The fourth-order valence-electron chi connectivity index (χ4n) is 2.57. The minimum atomic E-state index is -0.184. The predicted octanol–water partition coefficient (Wildman–Crippen LogP) is 2.71. The lowest BCUT2D eigenvalue weighted by molar-refractivity contribution is -0.122. The summed E-state index contributed by atoms with van der Waals surface area (Å²) in [6, 6.07) is -0.184. The minimum absolute atomic E-state index is 0.0495. The van der Waals surface area contributed by atoms with E-state index in [4.69, 9.17) is 4.42 Å². The van der Waals surface area contributed by atoms with Gasteiger partial charge in [-0.05, 0) is 42.9 Å². The molecule has 142 valence electrons. The number of carbonyl (C=O) groups is 2. The Labute approximate surface area is 160 Å². The van der Waals surface area contributed by atoms with E-state index in [1.54, 1.807) is 6.20 Å². The van der Waals surface area contributed by atoms with Crippen LogP contribution in [0.5, 0.6) is 0 Å².